The molecule has 1 fully saturated rings. The highest BCUT2D eigenvalue weighted by atomic mass is 16.6. The topological polar surface area (TPSA) is 118 Å². The first-order valence-corrected chi connectivity index (χ1v) is 15.1. The molecule has 0 radical (unpaired) electrons. The van der Waals surface area contributed by atoms with E-state index in [-0.39, 0.29) is 12.1 Å². The van der Waals surface area contributed by atoms with Crippen molar-refractivity contribution in [2.24, 2.45) is 0 Å². The van der Waals surface area contributed by atoms with E-state index in [1.165, 1.54) is 6.33 Å². The lowest BCUT2D eigenvalue weighted by atomic mass is 10.1. The molecular formula is C34H40N6O5. The van der Waals surface area contributed by atoms with Gasteiger partial charge in [0, 0.05) is 68.0 Å². The standard InChI is InChI=1S/C34H40N6O5/c1-34(2,3)45-33(42)40-16-14-39(15-17-40)18-19-43-27-10-8-25(9-11-27)23-44-31-13-12-30(28-6-4-5-7-29(28)31)38-32(41)37-22-26-20-35-24-36-21-26/h4-13,20-21,24H,14-19,22-23H2,1-3H3,(H2,37,38,41). The molecule has 1 aromatic heterocycles. The van der Waals surface area contributed by atoms with Crippen LogP contribution in [0, 0.1) is 0 Å². The van der Waals surface area contributed by atoms with E-state index in [4.69, 9.17) is 14.2 Å². The second kappa shape index (κ2) is 14.7. The molecule has 0 saturated carbocycles. The summed E-state index contributed by atoms with van der Waals surface area (Å²) in [7, 11) is 0. The monoisotopic (exact) mass is 612 g/mol. The number of hydrogen-bond donors (Lipinski definition) is 2. The van der Waals surface area contributed by atoms with Crippen LogP contribution in [0.1, 0.15) is 31.9 Å². The van der Waals surface area contributed by atoms with Gasteiger partial charge in [0.05, 0.1) is 5.69 Å². The highest BCUT2D eigenvalue weighted by molar-refractivity contribution is 6.03. The molecule has 0 aliphatic carbocycles. The third-order valence-electron chi connectivity index (χ3n) is 7.22. The Balaban J connectivity index is 1.07. The number of urea groups is 1. The molecule has 11 nitrogen and oxygen atoms in total. The van der Waals surface area contributed by atoms with Gasteiger partial charge in [0.1, 0.15) is 36.6 Å². The fourth-order valence-corrected chi connectivity index (χ4v) is 4.89. The van der Waals surface area contributed by atoms with Crippen LogP contribution in [0.25, 0.3) is 10.8 Å². The van der Waals surface area contributed by atoms with Crippen molar-refractivity contribution in [1.29, 1.82) is 0 Å². The highest BCUT2D eigenvalue weighted by Crippen LogP contribution is 2.32. The van der Waals surface area contributed by atoms with E-state index in [1.54, 1.807) is 17.3 Å². The number of amides is 3. The average molecular weight is 613 g/mol. The molecule has 45 heavy (non-hydrogen) atoms. The van der Waals surface area contributed by atoms with Gasteiger partial charge in [-0.1, -0.05) is 36.4 Å². The number of aromatic nitrogens is 2. The maximum atomic E-state index is 12.5. The van der Waals surface area contributed by atoms with Gasteiger partial charge in [0.2, 0.25) is 0 Å². The maximum absolute atomic E-state index is 12.5. The van der Waals surface area contributed by atoms with E-state index in [0.717, 1.165) is 53.0 Å². The minimum atomic E-state index is -0.484. The van der Waals surface area contributed by atoms with E-state index in [2.05, 4.69) is 25.5 Å². The van der Waals surface area contributed by atoms with E-state index >= 15 is 0 Å². The lowest BCUT2D eigenvalue weighted by Crippen LogP contribution is -2.50. The number of nitrogens with one attached hydrogen (secondary N) is 2. The van der Waals surface area contributed by atoms with Gasteiger partial charge < -0.3 is 29.7 Å². The van der Waals surface area contributed by atoms with Crippen molar-refractivity contribution in [3.05, 3.63) is 90.5 Å². The number of piperazine rings is 1. The Morgan fingerprint density at radius 3 is 2.27 bits per heavy atom. The van der Waals surface area contributed by atoms with Crippen LogP contribution in [0.15, 0.2) is 79.4 Å². The largest absolute Gasteiger partial charge is 0.492 e. The number of carbonyl (C=O) groups excluding carboxylic acids is 2. The number of anilines is 1. The van der Waals surface area contributed by atoms with Gasteiger partial charge in [-0.2, -0.15) is 0 Å². The Morgan fingerprint density at radius 1 is 0.844 bits per heavy atom. The van der Waals surface area contributed by atoms with Crippen LogP contribution in [0.3, 0.4) is 0 Å². The molecule has 1 saturated heterocycles. The Morgan fingerprint density at radius 2 is 1.56 bits per heavy atom. The summed E-state index contributed by atoms with van der Waals surface area (Å²) in [5.74, 6) is 1.52. The van der Waals surface area contributed by atoms with Crippen molar-refractivity contribution >= 4 is 28.6 Å². The summed E-state index contributed by atoms with van der Waals surface area (Å²) in [5.41, 5.74) is 2.03. The molecule has 5 rings (SSSR count). The van der Waals surface area contributed by atoms with Crippen LogP contribution in [0.4, 0.5) is 15.3 Å². The van der Waals surface area contributed by atoms with E-state index in [9.17, 15) is 9.59 Å². The lowest BCUT2D eigenvalue weighted by Gasteiger charge is -2.35. The van der Waals surface area contributed by atoms with Crippen LogP contribution in [-0.4, -0.2) is 76.8 Å². The van der Waals surface area contributed by atoms with Crippen molar-refractivity contribution in [3.8, 4) is 11.5 Å². The van der Waals surface area contributed by atoms with Gasteiger partial charge in [-0.05, 0) is 50.6 Å². The summed E-state index contributed by atoms with van der Waals surface area (Å²) in [6, 6.07) is 19.1. The summed E-state index contributed by atoms with van der Waals surface area (Å²) in [5, 5.41) is 7.54. The van der Waals surface area contributed by atoms with Crippen LogP contribution < -0.4 is 20.1 Å². The average Bonchev–Trinajstić information content (AvgIpc) is 3.04. The Labute approximate surface area is 263 Å². The minimum Gasteiger partial charge on any atom is -0.492 e. The second-order valence-corrected chi connectivity index (χ2v) is 11.8. The molecule has 2 heterocycles. The lowest BCUT2D eigenvalue weighted by molar-refractivity contribution is 0.0137. The van der Waals surface area contributed by atoms with E-state index in [1.807, 2.05) is 81.4 Å². The van der Waals surface area contributed by atoms with Crippen molar-refractivity contribution < 1.29 is 23.8 Å². The van der Waals surface area contributed by atoms with Crippen LogP contribution in [0.5, 0.6) is 11.5 Å². The molecular weight excluding hydrogens is 572 g/mol. The number of fused-ring (bicyclic) bond motifs is 1. The van der Waals surface area contributed by atoms with Gasteiger partial charge in [-0.25, -0.2) is 19.6 Å². The second-order valence-electron chi connectivity index (χ2n) is 11.8. The predicted octanol–water partition coefficient (Wildman–Crippen LogP) is 5.46. The zero-order valence-corrected chi connectivity index (χ0v) is 26.0. The van der Waals surface area contributed by atoms with E-state index in [0.29, 0.717) is 38.5 Å². The molecule has 0 unspecified atom stereocenters. The first-order chi connectivity index (χ1) is 21.7. The van der Waals surface area contributed by atoms with Crippen LogP contribution >= 0.6 is 0 Å². The summed E-state index contributed by atoms with van der Waals surface area (Å²) in [6.07, 6.45) is 4.53. The first-order valence-electron chi connectivity index (χ1n) is 15.1. The zero-order valence-electron chi connectivity index (χ0n) is 26.0. The van der Waals surface area contributed by atoms with Crippen molar-refractivity contribution in [1.82, 2.24) is 25.1 Å². The van der Waals surface area contributed by atoms with Crippen molar-refractivity contribution in [2.45, 2.75) is 39.5 Å². The van der Waals surface area contributed by atoms with Crippen molar-refractivity contribution in [2.75, 3.05) is 44.6 Å². The molecule has 11 heteroatoms. The fraction of sp³-hybridized carbons (Fsp3) is 0.353. The summed E-state index contributed by atoms with van der Waals surface area (Å²) >= 11 is 0. The molecule has 4 aromatic rings. The Kier molecular flexibility index (Phi) is 10.3. The number of rotatable bonds is 10. The smallest absolute Gasteiger partial charge is 0.410 e. The molecule has 236 valence electrons. The van der Waals surface area contributed by atoms with Crippen LogP contribution in [-0.2, 0) is 17.9 Å². The third-order valence-corrected chi connectivity index (χ3v) is 7.22. The third kappa shape index (κ3) is 9.29. The minimum absolute atomic E-state index is 0.250. The predicted molar refractivity (Wildman–Crippen MR) is 172 cm³/mol. The maximum Gasteiger partial charge on any atom is 0.410 e. The first kappa shape index (κ1) is 31.5. The SMILES string of the molecule is CC(C)(C)OC(=O)N1CCN(CCOc2ccc(COc3ccc(NC(=O)NCc4cncnc4)c4ccccc34)cc2)CC1. The van der Waals surface area contributed by atoms with Crippen LogP contribution in [0.2, 0.25) is 0 Å². The molecule has 0 spiro atoms. The Hall–Kier alpha value is -4.90. The molecule has 3 aromatic carbocycles. The summed E-state index contributed by atoms with van der Waals surface area (Å²) in [4.78, 5) is 36.8. The summed E-state index contributed by atoms with van der Waals surface area (Å²) in [6.45, 7) is 10.6. The van der Waals surface area contributed by atoms with Gasteiger partial charge in [0.15, 0.2) is 0 Å². The molecule has 3 amide bonds. The molecule has 1 aliphatic heterocycles. The number of hydrogen-bond acceptors (Lipinski definition) is 8. The highest BCUT2D eigenvalue weighted by Gasteiger charge is 2.25. The quantitative estimate of drug-likeness (QED) is 0.242. The van der Waals surface area contributed by atoms with Gasteiger partial charge in [-0.15, -0.1) is 0 Å². The van der Waals surface area contributed by atoms with Crippen molar-refractivity contribution in [3.63, 3.8) is 0 Å². The fourth-order valence-electron chi connectivity index (χ4n) is 4.89. The van der Waals surface area contributed by atoms with Gasteiger partial charge >= 0.3 is 12.1 Å². The van der Waals surface area contributed by atoms with Gasteiger partial charge in [0.25, 0.3) is 0 Å². The molecule has 0 atom stereocenters. The van der Waals surface area contributed by atoms with Gasteiger partial charge in [-0.3, -0.25) is 4.90 Å². The molecule has 0 bridgehead atoms. The number of carbonyl (C=O) groups is 2. The van der Waals surface area contributed by atoms with E-state index < -0.39 is 5.60 Å². The number of nitrogens with zero attached hydrogens (tertiary/aromatic N) is 4. The normalized spacial score (nSPS) is 13.7. The zero-order chi connectivity index (χ0) is 31.6. The number of benzene rings is 3. The number of ether oxygens (including phenoxy) is 3. The summed E-state index contributed by atoms with van der Waals surface area (Å²) < 4.78 is 17.6. The molecule has 1 aliphatic rings. The Bertz CT molecular complexity index is 1570. The molecule has 2 N–H and O–H groups in total.